The summed E-state index contributed by atoms with van der Waals surface area (Å²) in [4.78, 5) is 13.5. The topological polar surface area (TPSA) is 62.7 Å². The Bertz CT molecular complexity index is 894. The van der Waals surface area contributed by atoms with Crippen LogP contribution < -0.4 is 10.6 Å². The average molecular weight is 380 g/mol. The summed E-state index contributed by atoms with van der Waals surface area (Å²) in [6, 6.07) is 14.2. The molecule has 5 nitrogen and oxygen atoms in total. The summed E-state index contributed by atoms with van der Waals surface area (Å²) in [5.41, 5.74) is 3.01. The molecule has 0 aliphatic heterocycles. The third-order valence-electron chi connectivity index (χ3n) is 4.75. The van der Waals surface area contributed by atoms with Gasteiger partial charge in [0.25, 0.3) is 0 Å². The van der Waals surface area contributed by atoms with E-state index in [1.54, 1.807) is 12.4 Å². The van der Waals surface area contributed by atoms with Crippen LogP contribution in [0.3, 0.4) is 0 Å². The maximum absolute atomic E-state index is 6.08. The Hall–Kier alpha value is -2.66. The number of nitrogens with zero attached hydrogens (tertiary/aromatic N) is 3. The molecule has 1 saturated carbocycles. The summed E-state index contributed by atoms with van der Waals surface area (Å²) in [6.45, 7) is 0.649. The van der Waals surface area contributed by atoms with Gasteiger partial charge in [-0.15, -0.1) is 0 Å². The fraction of sp³-hybridized carbons (Fsp3) is 0.286. The van der Waals surface area contributed by atoms with E-state index in [2.05, 4.69) is 20.6 Å². The lowest BCUT2D eigenvalue weighted by Crippen LogP contribution is -2.17. The molecule has 138 valence electrons. The second kappa shape index (κ2) is 8.35. The number of pyridine rings is 1. The summed E-state index contributed by atoms with van der Waals surface area (Å²) in [6.07, 6.45) is 8.44. The highest BCUT2D eigenvalue weighted by molar-refractivity contribution is 6.30. The predicted molar refractivity (Wildman–Crippen MR) is 110 cm³/mol. The van der Waals surface area contributed by atoms with E-state index in [-0.39, 0.29) is 0 Å². The van der Waals surface area contributed by atoms with Crippen molar-refractivity contribution in [2.45, 2.75) is 38.3 Å². The first-order chi connectivity index (χ1) is 13.3. The highest BCUT2D eigenvalue weighted by atomic mass is 35.5. The van der Waals surface area contributed by atoms with E-state index in [1.807, 2.05) is 42.5 Å². The number of halogens is 1. The Morgan fingerprint density at radius 3 is 2.59 bits per heavy atom. The zero-order valence-corrected chi connectivity index (χ0v) is 15.8. The van der Waals surface area contributed by atoms with E-state index in [1.165, 1.54) is 25.7 Å². The maximum atomic E-state index is 6.08. The Morgan fingerprint density at radius 2 is 1.81 bits per heavy atom. The van der Waals surface area contributed by atoms with Gasteiger partial charge < -0.3 is 10.6 Å². The molecule has 4 rings (SSSR count). The van der Waals surface area contributed by atoms with Gasteiger partial charge in [-0.1, -0.05) is 36.6 Å². The van der Waals surface area contributed by atoms with Crippen LogP contribution in [0.15, 0.2) is 54.9 Å². The van der Waals surface area contributed by atoms with Crippen molar-refractivity contribution in [1.29, 1.82) is 0 Å². The number of hydrogen-bond acceptors (Lipinski definition) is 5. The number of hydrogen-bond donors (Lipinski definition) is 2. The van der Waals surface area contributed by atoms with Crippen molar-refractivity contribution in [1.82, 2.24) is 15.0 Å². The molecule has 0 saturated heterocycles. The maximum Gasteiger partial charge on any atom is 0.225 e. The van der Waals surface area contributed by atoms with E-state index in [0.29, 0.717) is 18.5 Å². The summed E-state index contributed by atoms with van der Waals surface area (Å²) in [7, 11) is 0. The standard InChI is InChI=1S/C21H22ClN5/c22-17-5-3-4-15(12-17)14-24-20-13-19(16-8-10-23-11-9-16)26-21(27-20)25-18-6-1-2-7-18/h3-5,8-13,18H,1-2,6-7,14H2,(H2,24,25,26,27). The minimum atomic E-state index is 0.457. The fourth-order valence-corrected chi connectivity index (χ4v) is 3.58. The number of rotatable bonds is 6. The van der Waals surface area contributed by atoms with Crippen molar-refractivity contribution in [3.05, 3.63) is 65.4 Å². The number of anilines is 2. The molecule has 1 aliphatic carbocycles. The van der Waals surface area contributed by atoms with E-state index in [9.17, 15) is 0 Å². The third kappa shape index (κ3) is 4.74. The molecule has 0 spiro atoms. The molecule has 2 heterocycles. The quantitative estimate of drug-likeness (QED) is 0.619. The van der Waals surface area contributed by atoms with Crippen LogP contribution in [0.5, 0.6) is 0 Å². The minimum Gasteiger partial charge on any atom is -0.366 e. The summed E-state index contributed by atoms with van der Waals surface area (Å²) in [5, 5.41) is 7.63. The Balaban J connectivity index is 1.58. The molecular formula is C21H22ClN5. The molecule has 0 radical (unpaired) electrons. The molecule has 0 amide bonds. The van der Waals surface area contributed by atoms with Gasteiger partial charge in [-0.05, 0) is 42.7 Å². The lowest BCUT2D eigenvalue weighted by Gasteiger charge is -2.15. The van der Waals surface area contributed by atoms with Gasteiger partial charge in [0.1, 0.15) is 5.82 Å². The molecule has 3 aromatic rings. The van der Waals surface area contributed by atoms with Crippen LogP contribution in [0.1, 0.15) is 31.2 Å². The molecule has 0 atom stereocenters. The first-order valence-electron chi connectivity index (χ1n) is 9.30. The number of aromatic nitrogens is 3. The van der Waals surface area contributed by atoms with E-state index >= 15 is 0 Å². The average Bonchev–Trinajstić information content (AvgIpc) is 3.20. The van der Waals surface area contributed by atoms with Gasteiger partial charge in [-0.3, -0.25) is 4.98 Å². The van der Waals surface area contributed by atoms with Crippen LogP contribution in [0.25, 0.3) is 11.3 Å². The molecule has 0 unspecified atom stereocenters. The second-order valence-corrected chi connectivity index (χ2v) is 7.24. The largest absolute Gasteiger partial charge is 0.366 e. The Morgan fingerprint density at radius 1 is 1.00 bits per heavy atom. The molecule has 2 aromatic heterocycles. The molecule has 27 heavy (non-hydrogen) atoms. The number of benzene rings is 1. The van der Waals surface area contributed by atoms with Crippen LogP contribution >= 0.6 is 11.6 Å². The minimum absolute atomic E-state index is 0.457. The number of nitrogens with one attached hydrogen (secondary N) is 2. The van der Waals surface area contributed by atoms with Gasteiger partial charge in [0, 0.05) is 41.6 Å². The van der Waals surface area contributed by atoms with Gasteiger partial charge in [-0.2, -0.15) is 4.98 Å². The SMILES string of the molecule is Clc1cccc(CNc2cc(-c3ccncc3)nc(NC3CCCC3)n2)c1. The summed E-state index contributed by atoms with van der Waals surface area (Å²) >= 11 is 6.08. The van der Waals surface area contributed by atoms with Crippen molar-refractivity contribution < 1.29 is 0 Å². The fourth-order valence-electron chi connectivity index (χ4n) is 3.37. The summed E-state index contributed by atoms with van der Waals surface area (Å²) < 4.78 is 0. The predicted octanol–water partition coefficient (Wildman–Crippen LogP) is 5.16. The van der Waals surface area contributed by atoms with E-state index in [4.69, 9.17) is 16.6 Å². The molecule has 1 aromatic carbocycles. The van der Waals surface area contributed by atoms with E-state index in [0.717, 1.165) is 27.7 Å². The van der Waals surface area contributed by atoms with Crippen molar-refractivity contribution in [2.75, 3.05) is 10.6 Å². The molecule has 0 bridgehead atoms. The van der Waals surface area contributed by atoms with Gasteiger partial charge in [0.15, 0.2) is 0 Å². The van der Waals surface area contributed by atoms with Crippen LogP contribution in [-0.2, 0) is 6.54 Å². The molecule has 6 heteroatoms. The van der Waals surface area contributed by atoms with Crippen LogP contribution in [0.2, 0.25) is 5.02 Å². The first-order valence-corrected chi connectivity index (χ1v) is 9.68. The first kappa shape index (κ1) is 17.7. The molecular weight excluding hydrogens is 358 g/mol. The summed E-state index contributed by atoms with van der Waals surface area (Å²) in [5.74, 6) is 1.46. The Labute approximate surface area is 164 Å². The monoisotopic (exact) mass is 379 g/mol. The lowest BCUT2D eigenvalue weighted by molar-refractivity contribution is 0.744. The second-order valence-electron chi connectivity index (χ2n) is 6.81. The van der Waals surface area contributed by atoms with Gasteiger partial charge in [0.05, 0.1) is 5.69 Å². The zero-order chi connectivity index (χ0) is 18.5. The Kier molecular flexibility index (Phi) is 5.49. The zero-order valence-electron chi connectivity index (χ0n) is 15.0. The van der Waals surface area contributed by atoms with Crippen LogP contribution in [0, 0.1) is 0 Å². The lowest BCUT2D eigenvalue weighted by atomic mass is 10.2. The van der Waals surface area contributed by atoms with Crippen molar-refractivity contribution >= 4 is 23.4 Å². The van der Waals surface area contributed by atoms with Gasteiger partial charge in [0.2, 0.25) is 5.95 Å². The van der Waals surface area contributed by atoms with Crippen molar-refractivity contribution in [3.63, 3.8) is 0 Å². The van der Waals surface area contributed by atoms with E-state index < -0.39 is 0 Å². The molecule has 1 aliphatic rings. The van der Waals surface area contributed by atoms with Crippen molar-refractivity contribution in [2.24, 2.45) is 0 Å². The normalized spacial score (nSPS) is 14.3. The van der Waals surface area contributed by atoms with Gasteiger partial charge in [-0.25, -0.2) is 4.98 Å². The van der Waals surface area contributed by atoms with Gasteiger partial charge >= 0.3 is 0 Å². The van der Waals surface area contributed by atoms with Crippen LogP contribution in [-0.4, -0.2) is 21.0 Å². The highest BCUT2D eigenvalue weighted by Crippen LogP contribution is 2.25. The van der Waals surface area contributed by atoms with Crippen molar-refractivity contribution in [3.8, 4) is 11.3 Å². The third-order valence-corrected chi connectivity index (χ3v) is 4.99. The smallest absolute Gasteiger partial charge is 0.225 e. The highest BCUT2D eigenvalue weighted by Gasteiger charge is 2.16. The molecule has 2 N–H and O–H groups in total. The van der Waals surface area contributed by atoms with Crippen LogP contribution in [0.4, 0.5) is 11.8 Å². The molecule has 1 fully saturated rings.